The van der Waals surface area contributed by atoms with Gasteiger partial charge in [-0.15, -0.1) is 0 Å². The Hall–Kier alpha value is 0.440. The van der Waals surface area contributed by atoms with Crippen LogP contribution >= 0.6 is 15.9 Å². The Balaban J connectivity index is 1.89. The molecule has 0 aromatic rings. The monoisotopic (exact) mass is 329 g/mol. The third-order valence-electron chi connectivity index (χ3n) is 5.92. The van der Waals surface area contributed by atoms with Crippen molar-refractivity contribution in [3.8, 4) is 0 Å². The van der Waals surface area contributed by atoms with Gasteiger partial charge in [-0.05, 0) is 49.6 Å². The van der Waals surface area contributed by atoms with Crippen LogP contribution < -0.4 is 0 Å². The largest absolute Gasteiger partial charge is 0.303 e. The normalized spacial score (nSPS) is 27.9. The molecule has 0 atom stereocenters. The highest BCUT2D eigenvalue weighted by molar-refractivity contribution is 9.09. The lowest BCUT2D eigenvalue weighted by Crippen LogP contribution is -2.45. The van der Waals surface area contributed by atoms with Gasteiger partial charge in [-0.2, -0.15) is 0 Å². The third kappa shape index (κ3) is 4.20. The van der Waals surface area contributed by atoms with Crippen molar-refractivity contribution in [2.75, 3.05) is 25.0 Å². The quantitative estimate of drug-likeness (QED) is 0.504. The van der Waals surface area contributed by atoms with Crippen molar-refractivity contribution in [1.29, 1.82) is 0 Å². The van der Waals surface area contributed by atoms with Crippen molar-refractivity contribution in [3.05, 3.63) is 0 Å². The first-order valence-corrected chi connectivity index (χ1v) is 9.52. The lowest BCUT2D eigenvalue weighted by atomic mass is 9.76. The molecule has 1 nitrogen and oxygen atoms in total. The molecule has 0 radical (unpaired) electrons. The van der Waals surface area contributed by atoms with Crippen LogP contribution in [-0.2, 0) is 0 Å². The van der Waals surface area contributed by atoms with Crippen molar-refractivity contribution in [1.82, 2.24) is 4.90 Å². The van der Waals surface area contributed by atoms with Crippen LogP contribution in [0.4, 0.5) is 0 Å². The van der Waals surface area contributed by atoms with Crippen LogP contribution in [0.15, 0.2) is 0 Å². The summed E-state index contributed by atoms with van der Waals surface area (Å²) in [5.41, 5.74) is 1.21. The van der Waals surface area contributed by atoms with Crippen LogP contribution in [0, 0.1) is 10.8 Å². The summed E-state index contributed by atoms with van der Waals surface area (Å²) < 4.78 is 0. The number of rotatable bonds is 4. The molecule has 2 heteroatoms. The number of likely N-dealkylation sites (tertiary alicyclic amines) is 1. The molecule has 112 valence electrons. The molecular weight excluding hydrogens is 298 g/mol. The van der Waals surface area contributed by atoms with Crippen LogP contribution in [0.25, 0.3) is 0 Å². The van der Waals surface area contributed by atoms with Gasteiger partial charge in [-0.3, -0.25) is 0 Å². The Morgan fingerprint density at radius 2 is 1.53 bits per heavy atom. The van der Waals surface area contributed by atoms with E-state index >= 15 is 0 Å². The summed E-state index contributed by atoms with van der Waals surface area (Å²) in [6, 6.07) is 0. The molecule has 1 saturated heterocycles. The summed E-state index contributed by atoms with van der Waals surface area (Å²) in [6.07, 6.45) is 12.9. The lowest BCUT2D eigenvalue weighted by molar-refractivity contribution is 0.0735. The van der Waals surface area contributed by atoms with Crippen LogP contribution in [0.5, 0.6) is 0 Å². The zero-order chi connectivity index (χ0) is 13.8. The predicted octanol–water partition coefficient (Wildman–Crippen LogP) is 5.23. The first-order chi connectivity index (χ1) is 9.11. The van der Waals surface area contributed by atoms with E-state index in [2.05, 4.69) is 34.7 Å². The maximum absolute atomic E-state index is 3.84. The standard InChI is InChI=1S/C17H32BrN/c1-3-16(2)10-12-19(13-11-16)15-17(14-18)8-6-4-5-7-9-17/h3-15H2,1-2H3. The molecule has 1 saturated carbocycles. The zero-order valence-corrected chi connectivity index (χ0v) is 14.6. The van der Waals surface area contributed by atoms with Gasteiger partial charge in [0.2, 0.25) is 0 Å². The molecule has 2 rings (SSSR count). The molecule has 0 amide bonds. The van der Waals surface area contributed by atoms with E-state index in [1.54, 1.807) is 0 Å². The van der Waals surface area contributed by atoms with Crippen molar-refractivity contribution in [2.45, 2.75) is 71.6 Å². The van der Waals surface area contributed by atoms with Crippen LogP contribution in [0.3, 0.4) is 0 Å². The maximum Gasteiger partial charge on any atom is 0.0100 e. The van der Waals surface area contributed by atoms with E-state index in [4.69, 9.17) is 0 Å². The first-order valence-electron chi connectivity index (χ1n) is 8.40. The Morgan fingerprint density at radius 3 is 2.00 bits per heavy atom. The molecule has 0 unspecified atom stereocenters. The van der Waals surface area contributed by atoms with E-state index < -0.39 is 0 Å². The maximum atomic E-state index is 3.84. The van der Waals surface area contributed by atoms with E-state index in [0.29, 0.717) is 10.8 Å². The van der Waals surface area contributed by atoms with E-state index in [1.165, 1.54) is 82.8 Å². The highest BCUT2D eigenvalue weighted by atomic mass is 79.9. The molecule has 0 aromatic heterocycles. The minimum Gasteiger partial charge on any atom is -0.303 e. The highest BCUT2D eigenvalue weighted by Gasteiger charge is 2.35. The van der Waals surface area contributed by atoms with E-state index in [1.807, 2.05) is 0 Å². The second-order valence-electron chi connectivity index (χ2n) is 7.49. The van der Waals surface area contributed by atoms with Gasteiger partial charge in [0.15, 0.2) is 0 Å². The average molecular weight is 330 g/mol. The van der Waals surface area contributed by atoms with Gasteiger partial charge in [-0.1, -0.05) is 61.9 Å². The summed E-state index contributed by atoms with van der Waals surface area (Å²) >= 11 is 3.84. The second-order valence-corrected chi connectivity index (χ2v) is 8.05. The number of halogens is 1. The van der Waals surface area contributed by atoms with Crippen molar-refractivity contribution < 1.29 is 0 Å². The number of hydrogen-bond donors (Lipinski definition) is 0. The van der Waals surface area contributed by atoms with Gasteiger partial charge < -0.3 is 4.90 Å². The van der Waals surface area contributed by atoms with Crippen molar-refractivity contribution in [2.24, 2.45) is 10.8 Å². The minimum atomic E-state index is 0.580. The average Bonchev–Trinajstić information content (AvgIpc) is 2.68. The predicted molar refractivity (Wildman–Crippen MR) is 88.0 cm³/mol. The molecular formula is C17H32BrN. The summed E-state index contributed by atoms with van der Waals surface area (Å²) in [4.78, 5) is 2.77. The molecule has 1 heterocycles. The molecule has 1 aliphatic carbocycles. The van der Waals surface area contributed by atoms with E-state index in [0.717, 1.165) is 0 Å². The first kappa shape index (κ1) is 15.8. The van der Waals surface area contributed by atoms with Gasteiger partial charge in [0.25, 0.3) is 0 Å². The molecule has 0 spiro atoms. The Labute approximate surface area is 128 Å². The molecule has 1 aliphatic heterocycles. The van der Waals surface area contributed by atoms with E-state index in [-0.39, 0.29) is 0 Å². The molecule has 0 N–H and O–H groups in total. The van der Waals surface area contributed by atoms with Crippen molar-refractivity contribution >= 4 is 15.9 Å². The topological polar surface area (TPSA) is 3.24 Å². The van der Waals surface area contributed by atoms with Crippen molar-refractivity contribution in [3.63, 3.8) is 0 Å². The number of piperidine rings is 1. The summed E-state index contributed by atoms with van der Waals surface area (Å²) in [7, 11) is 0. The Bertz CT molecular complexity index is 260. The SMILES string of the molecule is CCC1(C)CCN(CC2(CBr)CCCCCC2)CC1. The number of alkyl halides is 1. The smallest absolute Gasteiger partial charge is 0.0100 e. The third-order valence-corrected chi connectivity index (χ3v) is 7.11. The molecule has 0 bridgehead atoms. The fraction of sp³-hybridized carbons (Fsp3) is 1.00. The van der Waals surface area contributed by atoms with Crippen LogP contribution in [0.2, 0.25) is 0 Å². The lowest BCUT2D eigenvalue weighted by Gasteiger charge is -2.43. The van der Waals surface area contributed by atoms with Gasteiger partial charge in [0.05, 0.1) is 0 Å². The van der Waals surface area contributed by atoms with E-state index in [9.17, 15) is 0 Å². The van der Waals surface area contributed by atoms with Gasteiger partial charge >= 0.3 is 0 Å². The molecule has 2 aliphatic rings. The summed E-state index contributed by atoms with van der Waals surface area (Å²) in [5.74, 6) is 0. The molecule has 19 heavy (non-hydrogen) atoms. The van der Waals surface area contributed by atoms with Gasteiger partial charge in [0.1, 0.15) is 0 Å². The fourth-order valence-electron chi connectivity index (χ4n) is 3.89. The number of hydrogen-bond acceptors (Lipinski definition) is 1. The highest BCUT2D eigenvalue weighted by Crippen LogP contribution is 2.40. The van der Waals surface area contributed by atoms with Gasteiger partial charge in [-0.25, -0.2) is 0 Å². The number of nitrogens with zero attached hydrogens (tertiary/aromatic N) is 1. The van der Waals surface area contributed by atoms with Gasteiger partial charge in [0, 0.05) is 11.9 Å². The molecule has 0 aromatic carbocycles. The van der Waals surface area contributed by atoms with Crippen LogP contribution in [-0.4, -0.2) is 29.9 Å². The zero-order valence-electron chi connectivity index (χ0n) is 13.0. The summed E-state index contributed by atoms with van der Waals surface area (Å²) in [5, 5.41) is 1.21. The molecule has 2 fully saturated rings. The van der Waals surface area contributed by atoms with Crippen LogP contribution in [0.1, 0.15) is 71.6 Å². The summed E-state index contributed by atoms with van der Waals surface area (Å²) in [6.45, 7) is 8.85. The Morgan fingerprint density at radius 1 is 0.947 bits per heavy atom. The Kier molecular flexibility index (Phi) is 5.77. The second kappa shape index (κ2) is 6.93. The minimum absolute atomic E-state index is 0.580. The fourth-order valence-corrected chi connectivity index (χ4v) is 4.63.